The predicted octanol–water partition coefficient (Wildman–Crippen LogP) is 4.26. The molecule has 17 heavy (non-hydrogen) atoms. The van der Waals surface area contributed by atoms with E-state index in [1.165, 1.54) is 16.9 Å². The normalized spacial score (nSPS) is 12.5. The Hall–Kier alpha value is -0.580. The number of hydrogen-bond donors (Lipinski definition) is 0. The third-order valence-corrected chi connectivity index (χ3v) is 6.27. The van der Waals surface area contributed by atoms with Gasteiger partial charge in [0.1, 0.15) is 4.21 Å². The largest absolute Gasteiger partial charge is 0.271 e. The second kappa shape index (κ2) is 4.26. The van der Waals surface area contributed by atoms with E-state index in [1.807, 2.05) is 12.1 Å². The van der Waals surface area contributed by atoms with E-state index in [-0.39, 0.29) is 4.21 Å². The molecule has 0 aliphatic carbocycles. The Labute approximate surface area is 110 Å². The Morgan fingerprint density at radius 1 is 1.29 bits per heavy atom. The van der Waals surface area contributed by atoms with Gasteiger partial charge in [-0.15, -0.1) is 11.3 Å². The molecular weight excluding hydrogens is 276 g/mol. The third-order valence-electron chi connectivity index (χ3n) is 2.80. The molecule has 0 aliphatic rings. The molecule has 0 saturated heterocycles. The molecule has 1 aromatic carbocycles. The third kappa shape index (κ3) is 2.34. The SMILES string of the molecule is Cc1c(S(=O)(=O)Cl)sc2ccc(C(C)C)cc12. The molecule has 0 bridgehead atoms. The molecule has 0 aliphatic heterocycles. The first-order valence-corrected chi connectivity index (χ1v) is 8.41. The van der Waals surface area contributed by atoms with Gasteiger partial charge in [-0.05, 0) is 41.5 Å². The highest BCUT2D eigenvalue weighted by Gasteiger charge is 2.19. The van der Waals surface area contributed by atoms with Crippen LogP contribution in [0.25, 0.3) is 10.1 Å². The van der Waals surface area contributed by atoms with E-state index in [2.05, 4.69) is 19.9 Å². The molecule has 0 fully saturated rings. The number of benzene rings is 1. The summed E-state index contributed by atoms with van der Waals surface area (Å²) in [5.41, 5.74) is 1.96. The summed E-state index contributed by atoms with van der Waals surface area (Å²) in [6, 6.07) is 6.05. The summed E-state index contributed by atoms with van der Waals surface area (Å²) in [5.74, 6) is 0.426. The lowest BCUT2D eigenvalue weighted by atomic mass is 10.0. The fraction of sp³-hybridized carbons (Fsp3) is 0.333. The van der Waals surface area contributed by atoms with Gasteiger partial charge >= 0.3 is 0 Å². The molecular formula is C12H13ClO2S2. The fourth-order valence-corrected chi connectivity index (χ4v) is 4.50. The Bertz CT molecular complexity index is 669. The topological polar surface area (TPSA) is 34.1 Å². The van der Waals surface area contributed by atoms with Gasteiger partial charge in [0.25, 0.3) is 9.05 Å². The standard InChI is InChI=1S/C12H13ClO2S2/c1-7(2)9-4-5-11-10(6-9)8(3)12(16-11)17(13,14)15/h4-7H,1-3H3. The smallest absolute Gasteiger partial charge is 0.206 e. The molecule has 0 amide bonds. The van der Waals surface area contributed by atoms with Crippen LogP contribution in [0.5, 0.6) is 0 Å². The van der Waals surface area contributed by atoms with Crippen LogP contribution in [0.3, 0.4) is 0 Å². The lowest BCUT2D eigenvalue weighted by molar-refractivity contribution is 0.611. The minimum absolute atomic E-state index is 0.259. The van der Waals surface area contributed by atoms with Crippen molar-refractivity contribution in [2.75, 3.05) is 0 Å². The quantitative estimate of drug-likeness (QED) is 0.774. The highest BCUT2D eigenvalue weighted by atomic mass is 35.7. The molecule has 1 aromatic heterocycles. The first-order valence-electron chi connectivity index (χ1n) is 5.28. The lowest BCUT2D eigenvalue weighted by Crippen LogP contribution is -1.89. The van der Waals surface area contributed by atoms with Crippen LogP contribution < -0.4 is 0 Å². The van der Waals surface area contributed by atoms with Gasteiger partial charge in [-0.25, -0.2) is 8.42 Å². The molecule has 2 aromatic rings. The van der Waals surface area contributed by atoms with Crippen LogP contribution in [0, 0.1) is 6.92 Å². The second-order valence-electron chi connectivity index (χ2n) is 4.36. The van der Waals surface area contributed by atoms with Crippen LogP contribution >= 0.6 is 22.0 Å². The van der Waals surface area contributed by atoms with Crippen molar-refractivity contribution < 1.29 is 8.42 Å². The van der Waals surface area contributed by atoms with E-state index in [0.717, 1.165) is 15.6 Å². The number of aryl methyl sites for hydroxylation is 1. The van der Waals surface area contributed by atoms with Gasteiger partial charge in [-0.3, -0.25) is 0 Å². The monoisotopic (exact) mass is 288 g/mol. The van der Waals surface area contributed by atoms with Crippen molar-refractivity contribution >= 4 is 41.2 Å². The first kappa shape index (κ1) is 12.9. The highest BCUT2D eigenvalue weighted by Crippen LogP contribution is 2.37. The van der Waals surface area contributed by atoms with Crippen molar-refractivity contribution in [1.82, 2.24) is 0 Å². The molecule has 92 valence electrons. The van der Waals surface area contributed by atoms with E-state index in [9.17, 15) is 8.42 Å². The van der Waals surface area contributed by atoms with Gasteiger partial charge in [0, 0.05) is 15.4 Å². The van der Waals surface area contributed by atoms with Crippen LogP contribution in [0.4, 0.5) is 0 Å². The fourth-order valence-electron chi connectivity index (χ4n) is 1.81. The molecule has 0 saturated carbocycles. The molecule has 0 spiro atoms. The number of rotatable bonds is 2. The van der Waals surface area contributed by atoms with Crippen molar-refractivity contribution in [3.05, 3.63) is 29.3 Å². The summed E-state index contributed by atoms with van der Waals surface area (Å²) in [7, 11) is 1.78. The van der Waals surface area contributed by atoms with Crippen LogP contribution in [0.15, 0.2) is 22.4 Å². The maximum Gasteiger partial charge on any atom is 0.271 e. The van der Waals surface area contributed by atoms with E-state index >= 15 is 0 Å². The number of hydrogen-bond acceptors (Lipinski definition) is 3. The zero-order valence-electron chi connectivity index (χ0n) is 9.82. The summed E-state index contributed by atoms with van der Waals surface area (Å²) >= 11 is 1.23. The van der Waals surface area contributed by atoms with Crippen LogP contribution in [0.2, 0.25) is 0 Å². The lowest BCUT2D eigenvalue weighted by Gasteiger charge is -2.04. The Kier molecular flexibility index (Phi) is 3.23. The van der Waals surface area contributed by atoms with Gasteiger partial charge < -0.3 is 0 Å². The molecule has 0 unspecified atom stereocenters. The molecule has 0 N–H and O–H groups in total. The summed E-state index contributed by atoms with van der Waals surface area (Å²) in [4.78, 5) is 0. The molecule has 2 nitrogen and oxygen atoms in total. The van der Waals surface area contributed by atoms with Crippen LogP contribution in [-0.4, -0.2) is 8.42 Å². The van der Waals surface area contributed by atoms with E-state index in [4.69, 9.17) is 10.7 Å². The summed E-state index contributed by atoms with van der Waals surface area (Å²) < 4.78 is 24.1. The zero-order valence-corrected chi connectivity index (χ0v) is 12.2. The number of fused-ring (bicyclic) bond motifs is 1. The number of halogens is 1. The minimum Gasteiger partial charge on any atom is -0.206 e. The summed E-state index contributed by atoms with van der Waals surface area (Å²) in [6.07, 6.45) is 0. The zero-order chi connectivity index (χ0) is 12.8. The molecule has 1 heterocycles. The molecule has 0 atom stereocenters. The Balaban J connectivity index is 2.76. The van der Waals surface area contributed by atoms with Crippen molar-refractivity contribution in [3.63, 3.8) is 0 Å². The van der Waals surface area contributed by atoms with Crippen molar-refractivity contribution in [2.45, 2.75) is 30.9 Å². The van der Waals surface area contributed by atoms with Gasteiger partial charge in [0.05, 0.1) is 0 Å². The highest BCUT2D eigenvalue weighted by molar-refractivity contribution is 8.15. The summed E-state index contributed by atoms with van der Waals surface area (Å²) in [6.45, 7) is 6.03. The first-order chi connectivity index (χ1) is 7.80. The molecule has 0 radical (unpaired) electrons. The van der Waals surface area contributed by atoms with Gasteiger partial charge in [0.2, 0.25) is 0 Å². The van der Waals surface area contributed by atoms with E-state index in [0.29, 0.717) is 5.92 Å². The van der Waals surface area contributed by atoms with Crippen LogP contribution in [0.1, 0.15) is 30.9 Å². The average molecular weight is 289 g/mol. The Morgan fingerprint density at radius 2 is 1.94 bits per heavy atom. The van der Waals surface area contributed by atoms with E-state index in [1.54, 1.807) is 6.92 Å². The predicted molar refractivity (Wildman–Crippen MR) is 73.7 cm³/mol. The Morgan fingerprint density at radius 3 is 2.47 bits per heavy atom. The maximum atomic E-state index is 11.4. The van der Waals surface area contributed by atoms with Crippen LogP contribution in [-0.2, 0) is 9.05 Å². The minimum atomic E-state index is -3.64. The maximum absolute atomic E-state index is 11.4. The average Bonchev–Trinajstić information content (AvgIpc) is 2.55. The second-order valence-corrected chi connectivity index (χ2v) is 8.18. The van der Waals surface area contributed by atoms with Gasteiger partial charge in [0.15, 0.2) is 0 Å². The molecule has 2 rings (SSSR count). The molecule has 5 heteroatoms. The van der Waals surface area contributed by atoms with Crippen molar-refractivity contribution in [1.29, 1.82) is 0 Å². The van der Waals surface area contributed by atoms with Crippen molar-refractivity contribution in [2.24, 2.45) is 0 Å². The number of thiophene rings is 1. The van der Waals surface area contributed by atoms with Gasteiger partial charge in [-0.1, -0.05) is 19.9 Å². The summed E-state index contributed by atoms with van der Waals surface area (Å²) in [5, 5.41) is 0.987. The van der Waals surface area contributed by atoms with Gasteiger partial charge in [-0.2, -0.15) is 0 Å². The van der Waals surface area contributed by atoms with E-state index < -0.39 is 9.05 Å². The van der Waals surface area contributed by atoms with Crippen molar-refractivity contribution in [3.8, 4) is 0 Å².